The van der Waals surface area contributed by atoms with Crippen LogP contribution >= 0.6 is 11.3 Å². The van der Waals surface area contributed by atoms with Gasteiger partial charge in [-0.1, -0.05) is 0 Å². The van der Waals surface area contributed by atoms with Crippen molar-refractivity contribution in [2.75, 3.05) is 20.6 Å². The SMILES string of the molecule is CC(CCN(C)C)NCc1nccs1. The fraction of sp³-hybridized carbons (Fsp3) is 0.700. The molecule has 1 unspecified atom stereocenters. The van der Waals surface area contributed by atoms with Gasteiger partial charge in [0.2, 0.25) is 0 Å². The van der Waals surface area contributed by atoms with Gasteiger partial charge in [0.15, 0.2) is 0 Å². The molecule has 0 bridgehead atoms. The standard InChI is InChI=1S/C10H19N3S/c1-9(4-6-13(2)3)12-8-10-11-5-7-14-10/h5,7,9,12H,4,6,8H2,1-3H3. The predicted molar refractivity (Wildman–Crippen MR) is 61.6 cm³/mol. The van der Waals surface area contributed by atoms with E-state index in [0.717, 1.165) is 13.1 Å². The zero-order valence-corrected chi connectivity index (χ0v) is 9.97. The highest BCUT2D eigenvalue weighted by molar-refractivity contribution is 7.09. The lowest BCUT2D eigenvalue weighted by Gasteiger charge is -2.15. The van der Waals surface area contributed by atoms with Crippen molar-refractivity contribution in [2.24, 2.45) is 0 Å². The topological polar surface area (TPSA) is 28.2 Å². The first kappa shape index (κ1) is 11.6. The molecule has 0 spiro atoms. The quantitative estimate of drug-likeness (QED) is 0.777. The van der Waals surface area contributed by atoms with E-state index in [9.17, 15) is 0 Å². The van der Waals surface area contributed by atoms with Crippen molar-refractivity contribution in [1.82, 2.24) is 15.2 Å². The highest BCUT2D eigenvalue weighted by Gasteiger charge is 2.02. The summed E-state index contributed by atoms with van der Waals surface area (Å²) in [5.74, 6) is 0. The number of rotatable bonds is 6. The Labute approximate surface area is 90.2 Å². The first-order chi connectivity index (χ1) is 6.68. The largest absolute Gasteiger partial charge is 0.309 e. The molecule has 1 atom stereocenters. The molecule has 1 N–H and O–H groups in total. The van der Waals surface area contributed by atoms with Gasteiger partial charge in [-0.25, -0.2) is 4.98 Å². The Morgan fingerprint density at radius 3 is 2.93 bits per heavy atom. The number of hydrogen-bond donors (Lipinski definition) is 1. The minimum absolute atomic E-state index is 0.557. The Morgan fingerprint density at radius 1 is 1.57 bits per heavy atom. The first-order valence-electron chi connectivity index (χ1n) is 4.95. The second-order valence-corrected chi connectivity index (χ2v) is 4.78. The summed E-state index contributed by atoms with van der Waals surface area (Å²) in [7, 11) is 4.21. The van der Waals surface area contributed by atoms with E-state index in [0.29, 0.717) is 6.04 Å². The fourth-order valence-electron chi connectivity index (χ4n) is 1.16. The van der Waals surface area contributed by atoms with E-state index in [-0.39, 0.29) is 0 Å². The Kier molecular flexibility index (Phi) is 5.07. The molecule has 0 saturated heterocycles. The van der Waals surface area contributed by atoms with Crippen LogP contribution in [0.15, 0.2) is 11.6 Å². The molecule has 0 saturated carbocycles. The molecule has 0 amide bonds. The first-order valence-corrected chi connectivity index (χ1v) is 5.83. The summed E-state index contributed by atoms with van der Waals surface area (Å²) >= 11 is 1.71. The smallest absolute Gasteiger partial charge is 0.106 e. The Bertz CT molecular complexity index is 234. The van der Waals surface area contributed by atoms with Crippen molar-refractivity contribution >= 4 is 11.3 Å². The van der Waals surface area contributed by atoms with Gasteiger partial charge in [0.1, 0.15) is 5.01 Å². The van der Waals surface area contributed by atoms with Crippen LogP contribution in [0.1, 0.15) is 18.4 Å². The molecule has 1 aromatic rings. The van der Waals surface area contributed by atoms with Crippen LogP contribution < -0.4 is 5.32 Å². The molecular weight excluding hydrogens is 194 g/mol. The summed E-state index contributed by atoms with van der Waals surface area (Å²) in [5.41, 5.74) is 0. The van der Waals surface area contributed by atoms with Crippen LogP contribution in [0.3, 0.4) is 0 Å². The summed E-state index contributed by atoms with van der Waals surface area (Å²) in [5, 5.41) is 6.65. The molecule has 0 aliphatic carbocycles. The second-order valence-electron chi connectivity index (χ2n) is 3.80. The third kappa shape index (κ3) is 4.69. The van der Waals surface area contributed by atoms with E-state index in [4.69, 9.17) is 0 Å². The van der Waals surface area contributed by atoms with Crippen molar-refractivity contribution < 1.29 is 0 Å². The molecule has 1 heterocycles. The molecule has 3 nitrogen and oxygen atoms in total. The zero-order valence-electron chi connectivity index (χ0n) is 9.16. The molecule has 4 heteroatoms. The predicted octanol–water partition coefficient (Wildman–Crippen LogP) is 1.57. The van der Waals surface area contributed by atoms with Gasteiger partial charge in [0.25, 0.3) is 0 Å². The Morgan fingerprint density at radius 2 is 2.36 bits per heavy atom. The second kappa shape index (κ2) is 6.11. The maximum absolute atomic E-state index is 4.23. The van der Waals surface area contributed by atoms with Crippen LogP contribution in [-0.4, -0.2) is 36.6 Å². The molecule has 14 heavy (non-hydrogen) atoms. The van der Waals surface area contributed by atoms with Crippen LogP contribution in [0.25, 0.3) is 0 Å². The monoisotopic (exact) mass is 213 g/mol. The van der Waals surface area contributed by atoms with Crippen molar-refractivity contribution in [3.63, 3.8) is 0 Å². The minimum atomic E-state index is 0.557. The molecule has 1 rings (SSSR count). The maximum atomic E-state index is 4.23. The summed E-state index contributed by atoms with van der Waals surface area (Å²) in [6.45, 7) is 4.25. The van der Waals surface area contributed by atoms with Crippen LogP contribution in [0.5, 0.6) is 0 Å². The molecular formula is C10H19N3S. The van der Waals surface area contributed by atoms with Crippen LogP contribution in [0.4, 0.5) is 0 Å². The number of nitrogens with zero attached hydrogens (tertiary/aromatic N) is 2. The van der Waals surface area contributed by atoms with Gasteiger partial charge in [-0.3, -0.25) is 0 Å². The number of aromatic nitrogens is 1. The van der Waals surface area contributed by atoms with Gasteiger partial charge < -0.3 is 10.2 Å². The van der Waals surface area contributed by atoms with Gasteiger partial charge >= 0.3 is 0 Å². The Hall–Kier alpha value is -0.450. The average molecular weight is 213 g/mol. The van der Waals surface area contributed by atoms with Gasteiger partial charge in [-0.2, -0.15) is 0 Å². The lowest BCUT2D eigenvalue weighted by molar-refractivity contribution is 0.365. The highest BCUT2D eigenvalue weighted by Crippen LogP contribution is 2.03. The van der Waals surface area contributed by atoms with Gasteiger partial charge in [0, 0.05) is 24.2 Å². The van der Waals surface area contributed by atoms with E-state index < -0.39 is 0 Å². The summed E-state index contributed by atoms with van der Waals surface area (Å²) in [6.07, 6.45) is 3.03. The maximum Gasteiger partial charge on any atom is 0.106 e. The zero-order chi connectivity index (χ0) is 10.4. The van der Waals surface area contributed by atoms with E-state index in [1.807, 2.05) is 11.6 Å². The van der Waals surface area contributed by atoms with E-state index >= 15 is 0 Å². The van der Waals surface area contributed by atoms with Crippen molar-refractivity contribution in [2.45, 2.75) is 25.9 Å². The Balaban J connectivity index is 2.12. The normalized spacial score (nSPS) is 13.4. The van der Waals surface area contributed by atoms with E-state index in [1.165, 1.54) is 11.4 Å². The lowest BCUT2D eigenvalue weighted by Crippen LogP contribution is -2.29. The molecule has 0 aromatic carbocycles. The highest BCUT2D eigenvalue weighted by atomic mass is 32.1. The van der Waals surface area contributed by atoms with E-state index in [1.54, 1.807) is 11.3 Å². The average Bonchev–Trinajstić information content (AvgIpc) is 2.63. The molecule has 0 aliphatic heterocycles. The summed E-state index contributed by atoms with van der Waals surface area (Å²) < 4.78 is 0. The molecule has 80 valence electrons. The third-order valence-electron chi connectivity index (χ3n) is 2.09. The molecule has 0 aliphatic rings. The lowest BCUT2D eigenvalue weighted by atomic mass is 10.2. The molecule has 0 radical (unpaired) electrons. The number of thiazole rings is 1. The fourth-order valence-corrected chi connectivity index (χ4v) is 1.72. The number of hydrogen-bond acceptors (Lipinski definition) is 4. The number of nitrogens with one attached hydrogen (secondary N) is 1. The van der Waals surface area contributed by atoms with Gasteiger partial charge in [-0.05, 0) is 34.0 Å². The minimum Gasteiger partial charge on any atom is -0.309 e. The molecule has 1 aromatic heterocycles. The van der Waals surface area contributed by atoms with Gasteiger partial charge in [-0.15, -0.1) is 11.3 Å². The van der Waals surface area contributed by atoms with Crippen molar-refractivity contribution in [3.8, 4) is 0 Å². The summed E-state index contributed by atoms with van der Waals surface area (Å²) in [6, 6.07) is 0.557. The van der Waals surface area contributed by atoms with E-state index in [2.05, 4.69) is 36.2 Å². The third-order valence-corrected chi connectivity index (χ3v) is 2.87. The van der Waals surface area contributed by atoms with Crippen molar-refractivity contribution in [3.05, 3.63) is 16.6 Å². The van der Waals surface area contributed by atoms with Crippen LogP contribution in [-0.2, 0) is 6.54 Å². The van der Waals surface area contributed by atoms with Gasteiger partial charge in [0.05, 0.1) is 0 Å². The van der Waals surface area contributed by atoms with Crippen LogP contribution in [0, 0.1) is 0 Å². The summed E-state index contributed by atoms with van der Waals surface area (Å²) in [4.78, 5) is 6.44. The van der Waals surface area contributed by atoms with Crippen molar-refractivity contribution in [1.29, 1.82) is 0 Å². The molecule has 0 fully saturated rings. The van der Waals surface area contributed by atoms with Crippen LogP contribution in [0.2, 0.25) is 0 Å².